The first-order chi connectivity index (χ1) is 13.2. The molecule has 0 aromatic heterocycles. The summed E-state index contributed by atoms with van der Waals surface area (Å²) in [5.74, 6) is 1.02. The molecule has 1 amide bonds. The van der Waals surface area contributed by atoms with E-state index in [-0.39, 0.29) is 17.7 Å². The van der Waals surface area contributed by atoms with Crippen LogP contribution in [0.3, 0.4) is 0 Å². The monoisotopic (exact) mass is 362 g/mol. The Morgan fingerprint density at radius 2 is 2.04 bits per heavy atom. The molecule has 4 heteroatoms. The molecule has 1 aliphatic carbocycles. The van der Waals surface area contributed by atoms with Gasteiger partial charge in [0.2, 0.25) is 0 Å². The van der Waals surface area contributed by atoms with Gasteiger partial charge in [0, 0.05) is 23.7 Å². The van der Waals surface area contributed by atoms with Crippen LogP contribution in [-0.4, -0.2) is 17.6 Å². The van der Waals surface area contributed by atoms with Gasteiger partial charge >= 0.3 is 0 Å². The summed E-state index contributed by atoms with van der Waals surface area (Å²) in [6.45, 7) is 2.84. The van der Waals surface area contributed by atoms with Gasteiger partial charge in [-0.1, -0.05) is 37.6 Å². The van der Waals surface area contributed by atoms with E-state index in [2.05, 4.69) is 29.7 Å². The van der Waals surface area contributed by atoms with Crippen LogP contribution >= 0.6 is 0 Å². The zero-order valence-electron chi connectivity index (χ0n) is 15.6. The standard InChI is InChI=1S/C23H26N2O2/c1-2-3-13-24-23(27)16-9-12-21-20(14-16)18-5-4-6-19(18)22(25-21)15-7-10-17(26)11-8-15/h4-5,7-12,14,18-19,22,25-26H,2-3,6,13H2,1H3,(H,24,27). The van der Waals surface area contributed by atoms with Crippen LogP contribution in [0, 0.1) is 5.92 Å². The number of nitrogens with one attached hydrogen (secondary N) is 2. The number of hydrogen-bond donors (Lipinski definition) is 3. The Kier molecular flexibility index (Phi) is 4.88. The third-order valence-electron chi connectivity index (χ3n) is 5.69. The molecule has 0 radical (unpaired) electrons. The van der Waals surface area contributed by atoms with E-state index in [4.69, 9.17) is 0 Å². The van der Waals surface area contributed by atoms with Crippen LogP contribution in [0.1, 0.15) is 59.6 Å². The van der Waals surface area contributed by atoms with Crippen molar-refractivity contribution in [1.82, 2.24) is 5.32 Å². The summed E-state index contributed by atoms with van der Waals surface area (Å²) in [6, 6.07) is 13.6. The molecule has 3 atom stereocenters. The molecular formula is C23H26N2O2. The van der Waals surface area contributed by atoms with Crippen LogP contribution in [0.15, 0.2) is 54.6 Å². The van der Waals surface area contributed by atoms with Crippen LogP contribution in [-0.2, 0) is 0 Å². The summed E-state index contributed by atoms with van der Waals surface area (Å²) in [5, 5.41) is 16.3. The third-order valence-corrected chi connectivity index (χ3v) is 5.69. The van der Waals surface area contributed by atoms with Gasteiger partial charge in [-0.15, -0.1) is 0 Å². The van der Waals surface area contributed by atoms with Crippen molar-refractivity contribution < 1.29 is 9.90 Å². The molecule has 1 heterocycles. The molecule has 2 aromatic rings. The number of phenols is 1. The smallest absolute Gasteiger partial charge is 0.251 e. The minimum atomic E-state index is 0.00503. The van der Waals surface area contributed by atoms with Gasteiger partial charge in [-0.2, -0.15) is 0 Å². The summed E-state index contributed by atoms with van der Waals surface area (Å²) in [4.78, 5) is 12.4. The largest absolute Gasteiger partial charge is 0.508 e. The summed E-state index contributed by atoms with van der Waals surface area (Å²) in [7, 11) is 0. The van der Waals surface area contributed by atoms with Crippen LogP contribution in [0.25, 0.3) is 0 Å². The Morgan fingerprint density at radius 1 is 1.22 bits per heavy atom. The van der Waals surface area contributed by atoms with Crippen molar-refractivity contribution in [1.29, 1.82) is 0 Å². The van der Waals surface area contributed by atoms with E-state index in [9.17, 15) is 9.90 Å². The molecule has 3 N–H and O–H groups in total. The minimum Gasteiger partial charge on any atom is -0.508 e. The molecule has 0 spiro atoms. The van der Waals surface area contributed by atoms with E-state index in [1.807, 2.05) is 30.3 Å². The Morgan fingerprint density at radius 3 is 2.81 bits per heavy atom. The molecule has 1 aliphatic heterocycles. The SMILES string of the molecule is CCCCNC(=O)c1ccc2c(c1)C1C=CCC1C(c1ccc(O)cc1)N2. The van der Waals surface area contributed by atoms with E-state index in [0.29, 0.717) is 11.8 Å². The van der Waals surface area contributed by atoms with Crippen molar-refractivity contribution in [2.24, 2.45) is 5.92 Å². The van der Waals surface area contributed by atoms with Crippen LogP contribution in [0.4, 0.5) is 5.69 Å². The number of rotatable bonds is 5. The van der Waals surface area contributed by atoms with E-state index in [0.717, 1.165) is 37.1 Å². The first kappa shape index (κ1) is 17.7. The van der Waals surface area contributed by atoms with E-state index >= 15 is 0 Å². The molecule has 3 unspecified atom stereocenters. The first-order valence-electron chi connectivity index (χ1n) is 9.81. The van der Waals surface area contributed by atoms with Crippen molar-refractivity contribution in [2.45, 2.75) is 38.1 Å². The predicted octanol–water partition coefficient (Wildman–Crippen LogP) is 4.75. The predicted molar refractivity (Wildman–Crippen MR) is 108 cm³/mol. The van der Waals surface area contributed by atoms with E-state index in [1.54, 1.807) is 12.1 Å². The highest BCUT2D eigenvalue weighted by Crippen LogP contribution is 2.50. The van der Waals surface area contributed by atoms with Gasteiger partial charge in [0.1, 0.15) is 5.75 Å². The van der Waals surface area contributed by atoms with Crippen molar-refractivity contribution in [3.63, 3.8) is 0 Å². The lowest BCUT2D eigenvalue weighted by Crippen LogP contribution is -2.30. The van der Waals surface area contributed by atoms with E-state index in [1.165, 1.54) is 11.1 Å². The highest BCUT2D eigenvalue weighted by atomic mass is 16.3. The molecule has 4 rings (SSSR count). The van der Waals surface area contributed by atoms with Crippen molar-refractivity contribution in [2.75, 3.05) is 11.9 Å². The number of phenolic OH excluding ortho intramolecular Hbond substituents is 1. The van der Waals surface area contributed by atoms with Crippen molar-refractivity contribution in [3.8, 4) is 5.75 Å². The van der Waals surface area contributed by atoms with Crippen LogP contribution < -0.4 is 10.6 Å². The first-order valence-corrected chi connectivity index (χ1v) is 9.81. The number of allylic oxidation sites excluding steroid dienone is 2. The summed E-state index contributed by atoms with van der Waals surface area (Å²) >= 11 is 0. The second-order valence-electron chi connectivity index (χ2n) is 7.48. The second-order valence-corrected chi connectivity index (χ2v) is 7.48. The maximum atomic E-state index is 12.4. The van der Waals surface area contributed by atoms with E-state index < -0.39 is 0 Å². The molecule has 0 saturated carbocycles. The highest BCUT2D eigenvalue weighted by Gasteiger charge is 2.38. The molecule has 140 valence electrons. The zero-order valence-corrected chi connectivity index (χ0v) is 15.6. The van der Waals surface area contributed by atoms with Gasteiger partial charge < -0.3 is 15.7 Å². The number of unbranched alkanes of at least 4 members (excludes halogenated alkanes) is 1. The van der Waals surface area contributed by atoms with Gasteiger partial charge in [-0.25, -0.2) is 0 Å². The fraction of sp³-hybridized carbons (Fsp3) is 0.348. The summed E-state index contributed by atoms with van der Waals surface area (Å²) in [6.07, 6.45) is 7.60. The van der Waals surface area contributed by atoms with Crippen molar-refractivity contribution >= 4 is 11.6 Å². The van der Waals surface area contributed by atoms with Gasteiger partial charge in [0.05, 0.1) is 6.04 Å². The average Bonchev–Trinajstić information content (AvgIpc) is 3.18. The van der Waals surface area contributed by atoms with Gasteiger partial charge in [0.15, 0.2) is 0 Å². The maximum absolute atomic E-state index is 12.4. The fourth-order valence-electron chi connectivity index (χ4n) is 4.23. The number of anilines is 1. The molecule has 2 aliphatic rings. The third kappa shape index (κ3) is 3.44. The van der Waals surface area contributed by atoms with Gasteiger partial charge in [-0.05, 0) is 60.2 Å². The lowest BCUT2D eigenvalue weighted by atomic mass is 9.76. The summed E-state index contributed by atoms with van der Waals surface area (Å²) in [5.41, 5.74) is 4.20. The Labute approximate surface area is 160 Å². The lowest BCUT2D eigenvalue weighted by molar-refractivity contribution is 0.0953. The highest BCUT2D eigenvalue weighted by molar-refractivity contribution is 5.95. The van der Waals surface area contributed by atoms with Crippen LogP contribution in [0.2, 0.25) is 0 Å². The van der Waals surface area contributed by atoms with Crippen LogP contribution in [0.5, 0.6) is 5.75 Å². The number of carbonyl (C=O) groups is 1. The molecule has 4 nitrogen and oxygen atoms in total. The summed E-state index contributed by atoms with van der Waals surface area (Å²) < 4.78 is 0. The quantitative estimate of drug-likeness (QED) is 0.531. The molecule has 27 heavy (non-hydrogen) atoms. The number of carbonyl (C=O) groups excluding carboxylic acids is 1. The lowest BCUT2D eigenvalue weighted by Gasteiger charge is -2.37. The molecule has 0 bridgehead atoms. The minimum absolute atomic E-state index is 0.00503. The number of benzene rings is 2. The normalized spacial score (nSPS) is 22.6. The fourth-order valence-corrected chi connectivity index (χ4v) is 4.23. The number of aromatic hydroxyl groups is 1. The topological polar surface area (TPSA) is 61.4 Å². The Balaban J connectivity index is 1.61. The number of hydrogen-bond acceptors (Lipinski definition) is 3. The molecular weight excluding hydrogens is 336 g/mol. The Bertz CT molecular complexity index is 857. The molecule has 0 saturated heterocycles. The van der Waals surface area contributed by atoms with Gasteiger partial charge in [-0.3, -0.25) is 4.79 Å². The maximum Gasteiger partial charge on any atom is 0.251 e. The molecule has 0 fully saturated rings. The second kappa shape index (κ2) is 7.47. The zero-order chi connectivity index (χ0) is 18.8. The van der Waals surface area contributed by atoms with Gasteiger partial charge in [0.25, 0.3) is 5.91 Å². The molecule has 2 aromatic carbocycles. The van der Waals surface area contributed by atoms with Crippen molar-refractivity contribution in [3.05, 3.63) is 71.3 Å². The Hall–Kier alpha value is -2.75. The number of fused-ring (bicyclic) bond motifs is 3. The average molecular weight is 362 g/mol. The number of amides is 1.